The number of allylic oxidation sites excluding steroid dienone is 2. The van der Waals surface area contributed by atoms with Gasteiger partial charge in [-0.1, -0.05) is 53.9 Å². The Hall–Kier alpha value is -1.02. The fourth-order valence-electron chi connectivity index (χ4n) is 5.64. The molecule has 0 spiro atoms. The molecule has 0 saturated carbocycles. The normalized spacial score (nSPS) is 26.9. The number of carbonyl (C=O) groups excluding carboxylic acids is 2. The van der Waals surface area contributed by atoms with E-state index in [1.807, 2.05) is 34.6 Å². The Kier molecular flexibility index (Phi) is 12.7. The molecule has 0 amide bonds. The maximum absolute atomic E-state index is 13.1. The molecule has 0 heterocycles. The fourth-order valence-corrected chi connectivity index (χ4v) is 5.64. The van der Waals surface area contributed by atoms with Gasteiger partial charge >= 0.3 is 35.5 Å². The molecule has 2 rings (SSSR count). The topological polar surface area (TPSA) is 127 Å². The maximum Gasteiger partial charge on any atom is 1.00 e. The van der Waals surface area contributed by atoms with Crippen LogP contribution >= 0.6 is 0 Å². The van der Waals surface area contributed by atoms with Crippen molar-refractivity contribution in [3.63, 3.8) is 0 Å². The summed E-state index contributed by atoms with van der Waals surface area (Å²) in [6.45, 7) is 9.89. The van der Waals surface area contributed by atoms with E-state index in [1.165, 1.54) is 6.08 Å². The van der Waals surface area contributed by atoms with E-state index in [0.29, 0.717) is 12.0 Å². The number of ether oxygens (including phenoxy) is 1. The molecule has 0 saturated heterocycles. The predicted molar refractivity (Wildman–Crippen MR) is 123 cm³/mol. The number of carboxylic acids is 1. The van der Waals surface area contributed by atoms with Gasteiger partial charge in [0.25, 0.3) is 0 Å². The molecule has 0 bridgehead atoms. The van der Waals surface area contributed by atoms with Crippen LogP contribution in [0.15, 0.2) is 23.2 Å². The van der Waals surface area contributed by atoms with Gasteiger partial charge in [-0.3, -0.25) is 4.79 Å². The molecule has 3 N–H and O–H groups in total. The van der Waals surface area contributed by atoms with Crippen LogP contribution in [0, 0.1) is 35.5 Å². The average Bonchev–Trinajstić information content (AvgIpc) is 2.70. The quantitative estimate of drug-likeness (QED) is 0.223. The Balaban J connectivity index is 0.00000578. The molecule has 0 unspecified atom stereocenters. The summed E-state index contributed by atoms with van der Waals surface area (Å²) >= 11 is 0. The van der Waals surface area contributed by atoms with Gasteiger partial charge < -0.3 is 30.0 Å². The Morgan fingerprint density at radius 2 is 1.68 bits per heavy atom. The maximum atomic E-state index is 13.1. The summed E-state index contributed by atoms with van der Waals surface area (Å²) in [7, 11) is 0. The van der Waals surface area contributed by atoms with Crippen molar-refractivity contribution in [2.45, 2.75) is 91.8 Å². The summed E-state index contributed by atoms with van der Waals surface area (Å²) in [6.07, 6.45) is 3.70. The van der Waals surface area contributed by atoms with Crippen molar-refractivity contribution in [1.29, 1.82) is 0 Å². The van der Waals surface area contributed by atoms with Crippen molar-refractivity contribution in [2.24, 2.45) is 35.5 Å². The number of esters is 1. The van der Waals surface area contributed by atoms with Crippen molar-refractivity contribution < 1.29 is 64.3 Å². The van der Waals surface area contributed by atoms with Crippen molar-refractivity contribution in [2.75, 3.05) is 0 Å². The molecule has 2 aliphatic carbocycles. The minimum atomic E-state index is -1.15. The molecule has 2 aliphatic rings. The molecular weight excluding hydrogens is 447 g/mol. The van der Waals surface area contributed by atoms with E-state index in [4.69, 9.17) is 4.74 Å². The van der Waals surface area contributed by atoms with E-state index in [-0.39, 0.29) is 95.4 Å². The van der Waals surface area contributed by atoms with Crippen LogP contribution in [0.25, 0.3) is 0 Å². The SMILES string of the molecule is CC(C)C(C(=O)O[C@H]1C[C@H](O)C(O)=C2C=C(O)[C@@H](C)[C@@H](CCCCCCC(=O)[O-])[C@H]21)C(C)C.[Na+]. The van der Waals surface area contributed by atoms with Crippen LogP contribution in [0.3, 0.4) is 0 Å². The molecule has 7 nitrogen and oxygen atoms in total. The summed E-state index contributed by atoms with van der Waals surface area (Å²) < 4.78 is 6.02. The summed E-state index contributed by atoms with van der Waals surface area (Å²) in [5.74, 6) is -1.95. The van der Waals surface area contributed by atoms with Crippen LogP contribution in [-0.4, -0.2) is 39.5 Å². The number of aliphatic carboxylic acids is 1. The zero-order valence-corrected chi connectivity index (χ0v) is 23.6. The first-order chi connectivity index (χ1) is 15.5. The predicted octanol–water partition coefficient (Wildman–Crippen LogP) is 0.822. The number of rotatable bonds is 11. The standard InChI is InChI=1S/C26H42O7.Na/c1-14(2)23(15(3)4)26(32)33-21-13-20(28)25(31)18-12-19(27)16(5)17(24(18)21)10-8-6-7-9-11-22(29)30;/h12,14-17,20-21,23-24,27-28,31H,6-11,13H2,1-5H3,(H,29,30);/q;+1/p-1/t16-,17+,20-,21-,24+;/m0./s1. The van der Waals surface area contributed by atoms with Crippen molar-refractivity contribution >= 4 is 11.9 Å². The molecule has 0 aromatic rings. The van der Waals surface area contributed by atoms with E-state index in [0.717, 1.165) is 25.7 Å². The molecule has 5 atom stereocenters. The van der Waals surface area contributed by atoms with Gasteiger partial charge in [0.15, 0.2) is 0 Å². The van der Waals surface area contributed by atoms with Crippen molar-refractivity contribution in [1.82, 2.24) is 0 Å². The van der Waals surface area contributed by atoms with Gasteiger partial charge in [-0.2, -0.15) is 0 Å². The third kappa shape index (κ3) is 7.74. The molecule has 34 heavy (non-hydrogen) atoms. The number of aliphatic hydroxyl groups is 3. The van der Waals surface area contributed by atoms with Crippen LogP contribution < -0.4 is 34.7 Å². The average molecular weight is 489 g/mol. The summed E-state index contributed by atoms with van der Waals surface area (Å²) in [4.78, 5) is 23.7. The zero-order valence-electron chi connectivity index (χ0n) is 21.6. The Morgan fingerprint density at radius 1 is 1.09 bits per heavy atom. The molecular formula is C26H41NaO7. The Bertz CT molecular complexity index is 750. The van der Waals surface area contributed by atoms with Crippen LogP contribution in [-0.2, 0) is 14.3 Å². The third-order valence-electron chi connectivity index (χ3n) is 7.34. The number of aliphatic hydroxyl groups excluding tert-OH is 3. The van der Waals surface area contributed by atoms with Crippen LogP contribution in [0.1, 0.15) is 79.6 Å². The van der Waals surface area contributed by atoms with E-state index in [1.54, 1.807) is 0 Å². The summed E-state index contributed by atoms with van der Waals surface area (Å²) in [6, 6.07) is 0. The first-order valence-corrected chi connectivity index (χ1v) is 12.4. The van der Waals surface area contributed by atoms with E-state index in [2.05, 4.69) is 0 Å². The third-order valence-corrected chi connectivity index (χ3v) is 7.34. The van der Waals surface area contributed by atoms with Gasteiger partial charge in [0, 0.05) is 29.8 Å². The van der Waals surface area contributed by atoms with Crippen LogP contribution in [0.5, 0.6) is 0 Å². The molecule has 0 aromatic carbocycles. The van der Waals surface area contributed by atoms with Gasteiger partial charge in [0.1, 0.15) is 18.0 Å². The molecule has 0 aliphatic heterocycles. The second-order valence-electron chi connectivity index (χ2n) is 10.5. The van der Waals surface area contributed by atoms with E-state index >= 15 is 0 Å². The first-order valence-electron chi connectivity index (χ1n) is 12.4. The Morgan fingerprint density at radius 3 is 2.24 bits per heavy atom. The number of carbonyl (C=O) groups is 2. The Labute approximate surface area is 225 Å². The summed E-state index contributed by atoms with van der Waals surface area (Å²) in [5.41, 5.74) is 0.453. The smallest absolute Gasteiger partial charge is 0.550 e. The zero-order chi connectivity index (χ0) is 24.9. The second-order valence-corrected chi connectivity index (χ2v) is 10.5. The number of fused-ring (bicyclic) bond motifs is 1. The number of carboxylic acid groups (broad SMARTS) is 1. The van der Waals surface area contributed by atoms with Crippen LogP contribution in [0.4, 0.5) is 0 Å². The molecule has 0 fully saturated rings. The minimum absolute atomic E-state index is 0. The summed E-state index contributed by atoms with van der Waals surface area (Å²) in [5, 5.41) is 42.2. The first kappa shape index (κ1) is 31.0. The number of hydrogen-bond donors (Lipinski definition) is 3. The van der Waals surface area contributed by atoms with Crippen molar-refractivity contribution in [3.8, 4) is 0 Å². The largest absolute Gasteiger partial charge is 1.00 e. The molecule has 0 radical (unpaired) electrons. The number of unbranched alkanes of at least 4 members (excludes halogenated alkanes) is 3. The fraction of sp³-hybridized carbons (Fsp3) is 0.769. The van der Waals surface area contributed by atoms with Crippen molar-refractivity contribution in [3.05, 3.63) is 23.2 Å². The van der Waals surface area contributed by atoms with Gasteiger partial charge in [0.05, 0.1) is 11.7 Å². The van der Waals surface area contributed by atoms with Gasteiger partial charge in [0.2, 0.25) is 0 Å². The van der Waals surface area contributed by atoms with E-state index < -0.39 is 18.2 Å². The van der Waals surface area contributed by atoms with Gasteiger partial charge in [-0.15, -0.1) is 0 Å². The van der Waals surface area contributed by atoms with Crippen LogP contribution in [0.2, 0.25) is 0 Å². The molecule has 0 aromatic heterocycles. The van der Waals surface area contributed by atoms with E-state index in [9.17, 15) is 30.0 Å². The molecule has 188 valence electrons. The van der Waals surface area contributed by atoms with Gasteiger partial charge in [-0.25, -0.2) is 0 Å². The second kappa shape index (κ2) is 13.9. The number of hydrogen-bond acceptors (Lipinski definition) is 7. The van der Waals surface area contributed by atoms with Gasteiger partial charge in [-0.05, 0) is 43.1 Å². The monoisotopic (exact) mass is 488 g/mol. The molecule has 8 heteroatoms. The minimum Gasteiger partial charge on any atom is -0.550 e.